The highest BCUT2D eigenvalue weighted by Crippen LogP contribution is 2.18. The minimum atomic E-state index is -0.141. The van der Waals surface area contributed by atoms with E-state index in [1.165, 1.54) is 0 Å². The van der Waals surface area contributed by atoms with E-state index in [1.807, 2.05) is 42.3 Å². The number of nitrogens with one attached hydrogen (secondary N) is 1. The molecule has 7 nitrogen and oxygen atoms in total. The summed E-state index contributed by atoms with van der Waals surface area (Å²) >= 11 is 0. The van der Waals surface area contributed by atoms with Crippen LogP contribution >= 0.6 is 0 Å². The Morgan fingerprint density at radius 2 is 2.17 bits per heavy atom. The van der Waals surface area contributed by atoms with E-state index in [9.17, 15) is 4.79 Å². The fourth-order valence-electron chi connectivity index (χ4n) is 2.89. The minimum absolute atomic E-state index is 0.0137. The van der Waals surface area contributed by atoms with Crippen molar-refractivity contribution in [2.75, 3.05) is 27.2 Å². The van der Waals surface area contributed by atoms with Gasteiger partial charge in [0, 0.05) is 32.2 Å². The van der Waals surface area contributed by atoms with E-state index in [1.54, 1.807) is 7.11 Å². The minimum Gasteiger partial charge on any atom is -0.421 e. The molecule has 0 aliphatic carbocycles. The summed E-state index contributed by atoms with van der Waals surface area (Å²) in [5.74, 6) is 1.03. The number of hydrogen-bond acceptors (Lipinski definition) is 6. The van der Waals surface area contributed by atoms with Gasteiger partial charge in [0.1, 0.15) is 0 Å². The zero-order valence-corrected chi connectivity index (χ0v) is 13.9. The van der Waals surface area contributed by atoms with Crippen molar-refractivity contribution in [3.8, 4) is 11.5 Å². The van der Waals surface area contributed by atoms with Crippen molar-refractivity contribution in [1.82, 2.24) is 20.4 Å². The zero-order chi connectivity index (χ0) is 16.9. The average molecular weight is 330 g/mol. The van der Waals surface area contributed by atoms with Gasteiger partial charge in [-0.25, -0.2) is 0 Å². The van der Waals surface area contributed by atoms with Crippen LogP contribution in [0, 0.1) is 0 Å². The Morgan fingerprint density at radius 3 is 2.88 bits per heavy atom. The molecule has 1 aromatic heterocycles. The summed E-state index contributed by atoms with van der Waals surface area (Å²) in [6.07, 6.45) is 1.35. The standard InChI is InChI=1S/C17H22N4O3/c1-21-11-13(23-2)10-14(21)16(22)18-9-8-15-19-20-17(24-15)12-6-4-3-5-7-12/h3-7,13-14H,8-11H2,1-2H3,(H,18,22)/t13-,14-/m0/s1. The molecule has 1 fully saturated rings. The maximum atomic E-state index is 12.3. The molecule has 1 aliphatic rings. The lowest BCUT2D eigenvalue weighted by atomic mass is 10.2. The number of likely N-dealkylation sites (N-methyl/N-ethyl adjacent to an activating group) is 1. The Kier molecular flexibility index (Phi) is 5.22. The van der Waals surface area contributed by atoms with Crippen LogP contribution < -0.4 is 5.32 Å². The van der Waals surface area contributed by atoms with E-state index in [-0.39, 0.29) is 18.1 Å². The van der Waals surface area contributed by atoms with Gasteiger partial charge in [0.15, 0.2) is 0 Å². The van der Waals surface area contributed by atoms with Gasteiger partial charge in [-0.2, -0.15) is 0 Å². The molecule has 2 heterocycles. The molecule has 2 atom stereocenters. The first-order valence-corrected chi connectivity index (χ1v) is 8.06. The normalized spacial score (nSPS) is 21.1. The molecular formula is C17H22N4O3. The number of likely N-dealkylation sites (tertiary alicyclic amines) is 1. The maximum absolute atomic E-state index is 12.3. The van der Waals surface area contributed by atoms with Gasteiger partial charge in [0.25, 0.3) is 0 Å². The molecule has 1 saturated heterocycles. The van der Waals surface area contributed by atoms with Gasteiger partial charge < -0.3 is 14.5 Å². The van der Waals surface area contributed by atoms with Crippen molar-refractivity contribution in [1.29, 1.82) is 0 Å². The zero-order valence-electron chi connectivity index (χ0n) is 13.9. The number of carbonyl (C=O) groups excluding carboxylic acids is 1. The number of nitrogens with zero attached hydrogens (tertiary/aromatic N) is 3. The average Bonchev–Trinajstić information content (AvgIpc) is 3.22. The highest BCUT2D eigenvalue weighted by molar-refractivity contribution is 5.82. The van der Waals surface area contributed by atoms with Gasteiger partial charge in [-0.05, 0) is 25.6 Å². The molecule has 3 rings (SSSR count). The third kappa shape index (κ3) is 3.80. The lowest BCUT2D eigenvalue weighted by molar-refractivity contribution is -0.125. The molecular weight excluding hydrogens is 308 g/mol. The first-order chi connectivity index (χ1) is 11.7. The first-order valence-electron chi connectivity index (χ1n) is 8.06. The topological polar surface area (TPSA) is 80.5 Å². The van der Waals surface area contributed by atoms with Crippen LogP contribution in [0.15, 0.2) is 34.7 Å². The van der Waals surface area contributed by atoms with Crippen LogP contribution in [0.25, 0.3) is 11.5 Å². The summed E-state index contributed by atoms with van der Waals surface area (Å²) in [5, 5.41) is 11.0. The molecule has 0 spiro atoms. The van der Waals surface area contributed by atoms with Crippen LogP contribution in [0.1, 0.15) is 12.3 Å². The van der Waals surface area contributed by atoms with E-state index in [0.29, 0.717) is 24.7 Å². The predicted octanol–water partition coefficient (Wildman–Crippen LogP) is 1.11. The second-order valence-corrected chi connectivity index (χ2v) is 5.96. The lowest BCUT2D eigenvalue weighted by Gasteiger charge is -2.17. The Hall–Kier alpha value is -2.25. The van der Waals surface area contributed by atoms with Gasteiger partial charge in [0.05, 0.1) is 12.1 Å². The molecule has 2 aromatic rings. The van der Waals surface area contributed by atoms with Gasteiger partial charge in [0.2, 0.25) is 17.7 Å². The summed E-state index contributed by atoms with van der Waals surface area (Å²) in [7, 11) is 3.62. The van der Waals surface area contributed by atoms with Crippen LogP contribution in [-0.4, -0.2) is 60.4 Å². The summed E-state index contributed by atoms with van der Waals surface area (Å²) < 4.78 is 11.0. The lowest BCUT2D eigenvalue weighted by Crippen LogP contribution is -2.42. The number of methoxy groups -OCH3 is 1. The Balaban J connectivity index is 1.48. The number of carbonyl (C=O) groups is 1. The molecule has 128 valence electrons. The van der Waals surface area contributed by atoms with E-state index < -0.39 is 0 Å². The van der Waals surface area contributed by atoms with Crippen LogP contribution in [0.5, 0.6) is 0 Å². The number of aromatic nitrogens is 2. The second-order valence-electron chi connectivity index (χ2n) is 5.96. The van der Waals surface area contributed by atoms with Crippen molar-refractivity contribution in [3.05, 3.63) is 36.2 Å². The molecule has 1 amide bonds. The summed E-state index contributed by atoms with van der Waals surface area (Å²) in [6.45, 7) is 1.25. The quantitative estimate of drug-likeness (QED) is 0.855. The van der Waals surface area contributed by atoms with Crippen molar-refractivity contribution in [2.45, 2.75) is 25.0 Å². The molecule has 24 heavy (non-hydrogen) atoms. The van der Waals surface area contributed by atoms with Crippen LogP contribution in [0.4, 0.5) is 0 Å². The Labute approximate surface area is 141 Å². The number of benzene rings is 1. The van der Waals surface area contributed by atoms with E-state index in [4.69, 9.17) is 9.15 Å². The third-order valence-electron chi connectivity index (χ3n) is 4.27. The van der Waals surface area contributed by atoms with Gasteiger partial charge in [-0.3, -0.25) is 9.69 Å². The first kappa shape index (κ1) is 16.6. The number of rotatable bonds is 6. The smallest absolute Gasteiger partial charge is 0.247 e. The molecule has 1 aliphatic heterocycles. The molecule has 1 N–H and O–H groups in total. The fourth-order valence-corrected chi connectivity index (χ4v) is 2.89. The van der Waals surface area contributed by atoms with E-state index in [2.05, 4.69) is 15.5 Å². The van der Waals surface area contributed by atoms with Gasteiger partial charge in [-0.1, -0.05) is 18.2 Å². The largest absolute Gasteiger partial charge is 0.421 e. The molecule has 7 heteroatoms. The number of amides is 1. The molecule has 0 saturated carbocycles. The second kappa shape index (κ2) is 7.55. The van der Waals surface area contributed by atoms with Gasteiger partial charge >= 0.3 is 0 Å². The van der Waals surface area contributed by atoms with E-state index in [0.717, 1.165) is 18.5 Å². The molecule has 0 unspecified atom stereocenters. The number of ether oxygens (including phenoxy) is 1. The van der Waals surface area contributed by atoms with E-state index >= 15 is 0 Å². The molecule has 0 bridgehead atoms. The van der Waals surface area contributed by atoms with Gasteiger partial charge in [-0.15, -0.1) is 10.2 Å². The Bertz CT molecular complexity index is 673. The molecule has 1 aromatic carbocycles. The SMILES string of the molecule is CO[C@H]1C[C@@H](C(=O)NCCc2nnc(-c3ccccc3)o2)N(C)C1. The van der Waals surface area contributed by atoms with Crippen LogP contribution in [-0.2, 0) is 16.0 Å². The molecule has 0 radical (unpaired) electrons. The highest BCUT2D eigenvalue weighted by atomic mass is 16.5. The fraction of sp³-hybridized carbons (Fsp3) is 0.471. The Morgan fingerprint density at radius 1 is 1.38 bits per heavy atom. The number of hydrogen-bond donors (Lipinski definition) is 1. The predicted molar refractivity (Wildman–Crippen MR) is 88.3 cm³/mol. The summed E-state index contributed by atoms with van der Waals surface area (Å²) in [4.78, 5) is 14.3. The van der Waals surface area contributed by atoms with Crippen molar-refractivity contribution < 1.29 is 13.9 Å². The van der Waals surface area contributed by atoms with Crippen molar-refractivity contribution in [2.24, 2.45) is 0 Å². The van der Waals surface area contributed by atoms with Crippen molar-refractivity contribution in [3.63, 3.8) is 0 Å². The maximum Gasteiger partial charge on any atom is 0.247 e. The van der Waals surface area contributed by atoms with Crippen LogP contribution in [0.2, 0.25) is 0 Å². The van der Waals surface area contributed by atoms with Crippen LogP contribution in [0.3, 0.4) is 0 Å². The summed E-state index contributed by atoms with van der Waals surface area (Å²) in [6, 6.07) is 9.47. The summed E-state index contributed by atoms with van der Waals surface area (Å²) in [5.41, 5.74) is 0.887. The third-order valence-corrected chi connectivity index (χ3v) is 4.27. The highest BCUT2D eigenvalue weighted by Gasteiger charge is 2.34. The monoisotopic (exact) mass is 330 g/mol. The van der Waals surface area contributed by atoms with Crippen molar-refractivity contribution >= 4 is 5.91 Å².